The lowest BCUT2D eigenvalue weighted by Gasteiger charge is -2.20. The number of hydrogen-bond acceptors (Lipinski definition) is 7. The van der Waals surface area contributed by atoms with E-state index in [1.54, 1.807) is 6.07 Å². The van der Waals surface area contributed by atoms with Crippen molar-refractivity contribution in [3.63, 3.8) is 0 Å². The first-order valence-corrected chi connectivity index (χ1v) is 13.5. The number of benzene rings is 1. The van der Waals surface area contributed by atoms with E-state index in [0.717, 1.165) is 11.7 Å². The molecule has 12 heteroatoms. The molecule has 0 saturated carbocycles. The monoisotopic (exact) mass is 494 g/mol. The zero-order valence-electron chi connectivity index (χ0n) is 18.4. The molecule has 1 aliphatic heterocycles. The summed E-state index contributed by atoms with van der Waals surface area (Å²) in [6.45, 7) is 4.34. The summed E-state index contributed by atoms with van der Waals surface area (Å²) < 4.78 is 52.5. The summed E-state index contributed by atoms with van der Waals surface area (Å²) in [5.74, 6) is -0.0972. The average Bonchev–Trinajstić information content (AvgIpc) is 2.74. The molecule has 2 aromatic rings. The van der Waals surface area contributed by atoms with Gasteiger partial charge >= 0.3 is 0 Å². The number of nitrogens with zero attached hydrogens (tertiary/aromatic N) is 1. The largest absolute Gasteiger partial charge is 0.507 e. The van der Waals surface area contributed by atoms with Crippen LogP contribution in [0.25, 0.3) is 5.70 Å². The highest BCUT2D eigenvalue weighted by atomic mass is 32.2. The van der Waals surface area contributed by atoms with E-state index in [1.165, 1.54) is 41.2 Å². The summed E-state index contributed by atoms with van der Waals surface area (Å²) in [7, 11) is -7.68. The van der Waals surface area contributed by atoms with E-state index >= 15 is 0 Å². The lowest BCUT2D eigenvalue weighted by molar-refractivity contribution is 0.461. The normalized spacial score (nSPS) is 14.6. The van der Waals surface area contributed by atoms with Crippen molar-refractivity contribution in [2.45, 2.75) is 31.7 Å². The summed E-state index contributed by atoms with van der Waals surface area (Å²) in [6.07, 6.45) is 3.17. The number of aromatic hydroxyl groups is 1. The van der Waals surface area contributed by atoms with Gasteiger partial charge < -0.3 is 15.5 Å². The quantitative estimate of drug-likeness (QED) is 0.482. The Balaban J connectivity index is 2.18. The molecule has 0 amide bonds. The molecule has 178 valence electrons. The third-order valence-electron chi connectivity index (χ3n) is 4.74. The van der Waals surface area contributed by atoms with E-state index in [1.807, 2.05) is 13.8 Å². The van der Waals surface area contributed by atoms with E-state index in [2.05, 4.69) is 15.1 Å². The minimum absolute atomic E-state index is 0.0807. The van der Waals surface area contributed by atoms with Crippen LogP contribution >= 0.6 is 0 Å². The van der Waals surface area contributed by atoms with E-state index in [-0.39, 0.29) is 27.5 Å². The molecule has 4 N–H and O–H groups in total. The highest BCUT2D eigenvalue weighted by Gasteiger charge is 2.27. The lowest BCUT2D eigenvalue weighted by atomic mass is 10.1. The Hall–Kier alpha value is -3.25. The van der Waals surface area contributed by atoms with Crippen molar-refractivity contribution < 1.29 is 21.9 Å². The maximum Gasteiger partial charge on any atom is 0.278 e. The number of nitrogens with one attached hydrogen (secondary N) is 3. The van der Waals surface area contributed by atoms with Crippen molar-refractivity contribution in [3.8, 4) is 5.75 Å². The maximum atomic E-state index is 13.3. The molecular formula is C21H26N4O6S2. The molecule has 33 heavy (non-hydrogen) atoms. The van der Waals surface area contributed by atoms with Gasteiger partial charge in [-0.15, -0.1) is 0 Å². The molecule has 0 radical (unpaired) electrons. The summed E-state index contributed by atoms with van der Waals surface area (Å²) in [5.41, 5.74) is -0.715. The molecule has 0 spiro atoms. The zero-order chi connectivity index (χ0) is 24.4. The van der Waals surface area contributed by atoms with Crippen LogP contribution in [0.2, 0.25) is 0 Å². The van der Waals surface area contributed by atoms with Gasteiger partial charge in [0.1, 0.15) is 11.3 Å². The molecule has 0 aliphatic carbocycles. The first-order chi connectivity index (χ1) is 15.4. The molecule has 10 nitrogen and oxygen atoms in total. The van der Waals surface area contributed by atoms with Gasteiger partial charge in [-0.05, 0) is 42.7 Å². The topological polar surface area (TPSA) is 150 Å². The zero-order valence-corrected chi connectivity index (χ0v) is 20.0. The Morgan fingerprint density at radius 1 is 1.18 bits per heavy atom. The van der Waals surface area contributed by atoms with Gasteiger partial charge in [0.15, 0.2) is 0 Å². The second-order valence-electron chi connectivity index (χ2n) is 8.03. The van der Waals surface area contributed by atoms with Gasteiger partial charge in [-0.2, -0.15) is 0 Å². The van der Waals surface area contributed by atoms with Crippen LogP contribution in [0.5, 0.6) is 5.75 Å². The predicted octanol–water partition coefficient (Wildman–Crippen LogP) is 2.62. The molecule has 3 rings (SSSR count). The molecule has 0 unspecified atom stereocenters. The van der Waals surface area contributed by atoms with Crippen LogP contribution in [0.15, 0.2) is 57.7 Å². The molecule has 0 atom stereocenters. The maximum absolute atomic E-state index is 13.3. The fourth-order valence-corrected chi connectivity index (χ4v) is 5.07. The van der Waals surface area contributed by atoms with Crippen molar-refractivity contribution >= 4 is 36.9 Å². The Labute approximate surface area is 192 Å². The molecule has 1 aromatic carbocycles. The van der Waals surface area contributed by atoms with Gasteiger partial charge in [-0.1, -0.05) is 19.9 Å². The SMILES string of the molecule is CC(C)CCn1[nH]ccccc(O)c(C2=CS(=O)(=O)c3cc(NS(C)(=O)=O)ccc3N2)c1=O. The Kier molecular flexibility index (Phi) is 6.89. The van der Waals surface area contributed by atoms with Crippen LogP contribution in [0.3, 0.4) is 0 Å². The van der Waals surface area contributed by atoms with Crippen LogP contribution in [-0.2, 0) is 26.4 Å². The molecule has 0 bridgehead atoms. The smallest absolute Gasteiger partial charge is 0.278 e. The number of aromatic nitrogens is 2. The van der Waals surface area contributed by atoms with Crippen molar-refractivity contribution in [3.05, 3.63) is 63.9 Å². The number of aromatic amines is 1. The highest BCUT2D eigenvalue weighted by molar-refractivity contribution is 7.94. The summed E-state index contributed by atoms with van der Waals surface area (Å²) in [6, 6.07) is 8.37. The number of H-pyrrole nitrogens is 1. The number of sulfonamides is 1. The van der Waals surface area contributed by atoms with Crippen LogP contribution in [0.1, 0.15) is 25.8 Å². The Morgan fingerprint density at radius 3 is 2.58 bits per heavy atom. The highest BCUT2D eigenvalue weighted by Crippen LogP contribution is 2.36. The number of fused-ring (bicyclic) bond motifs is 1. The van der Waals surface area contributed by atoms with Crippen molar-refractivity contribution in [2.75, 3.05) is 16.3 Å². The van der Waals surface area contributed by atoms with Crippen LogP contribution < -0.4 is 15.6 Å². The standard InChI is InChI=1S/C21H26N4O6S2/c1-14(2)9-11-25-21(27)20(18(26)6-4-5-10-22-25)17-13-33(30,31)19-12-15(24-32(3,28)29)7-8-16(19)23-17/h4-8,10,12-14,22-24,26H,9,11H2,1-3H3. The second kappa shape index (κ2) is 9.32. The van der Waals surface area contributed by atoms with E-state index in [4.69, 9.17) is 0 Å². The molecule has 1 aliphatic rings. The van der Waals surface area contributed by atoms with E-state index < -0.39 is 31.2 Å². The van der Waals surface area contributed by atoms with Gasteiger partial charge in [-0.3, -0.25) is 14.2 Å². The summed E-state index contributed by atoms with van der Waals surface area (Å²) >= 11 is 0. The number of sulfone groups is 1. The van der Waals surface area contributed by atoms with E-state index in [9.17, 15) is 26.7 Å². The summed E-state index contributed by atoms with van der Waals surface area (Å²) in [5, 5.41) is 17.2. The van der Waals surface area contributed by atoms with Crippen LogP contribution in [-0.4, -0.2) is 38.0 Å². The molecule has 0 fully saturated rings. The molecular weight excluding hydrogens is 468 g/mol. The van der Waals surface area contributed by atoms with Crippen LogP contribution in [0, 0.1) is 5.92 Å². The fourth-order valence-electron chi connectivity index (χ4n) is 3.18. The first kappa shape index (κ1) is 24.4. The third-order valence-corrected chi connectivity index (χ3v) is 6.84. The van der Waals surface area contributed by atoms with Gasteiger partial charge in [0.2, 0.25) is 19.9 Å². The molecule has 0 saturated heterocycles. The second-order valence-corrected chi connectivity index (χ2v) is 11.5. The Bertz CT molecular complexity index is 1420. The van der Waals surface area contributed by atoms with Gasteiger partial charge in [0, 0.05) is 18.4 Å². The lowest BCUT2D eigenvalue weighted by Crippen LogP contribution is -2.26. The van der Waals surface area contributed by atoms with Crippen molar-refractivity contribution in [2.24, 2.45) is 5.92 Å². The number of anilines is 2. The van der Waals surface area contributed by atoms with Gasteiger partial charge in [-0.25, -0.2) is 16.8 Å². The minimum Gasteiger partial charge on any atom is -0.507 e. The van der Waals surface area contributed by atoms with Crippen LogP contribution in [0.4, 0.5) is 11.4 Å². The fraction of sp³-hybridized carbons (Fsp3) is 0.286. The number of aryl methyl sites for hydroxylation is 1. The minimum atomic E-state index is -4.07. The number of hydrogen-bond donors (Lipinski definition) is 4. The molecule has 2 heterocycles. The van der Waals surface area contributed by atoms with Crippen molar-refractivity contribution in [1.82, 2.24) is 9.78 Å². The summed E-state index contributed by atoms with van der Waals surface area (Å²) in [4.78, 5) is 13.2. The average molecular weight is 495 g/mol. The van der Waals surface area contributed by atoms with E-state index in [0.29, 0.717) is 18.9 Å². The van der Waals surface area contributed by atoms with Gasteiger partial charge in [0.25, 0.3) is 5.56 Å². The predicted molar refractivity (Wildman–Crippen MR) is 127 cm³/mol. The third kappa shape index (κ3) is 5.96. The van der Waals surface area contributed by atoms with Crippen molar-refractivity contribution in [1.29, 1.82) is 0 Å². The molecule has 1 aromatic heterocycles. The Morgan fingerprint density at radius 2 is 1.91 bits per heavy atom. The van der Waals surface area contributed by atoms with Gasteiger partial charge in [0.05, 0.1) is 27.9 Å². The number of rotatable bonds is 6. The first-order valence-electron chi connectivity index (χ1n) is 10.1.